The van der Waals surface area contributed by atoms with E-state index in [0.29, 0.717) is 51.9 Å². The quantitative estimate of drug-likeness (QED) is 0.272. The SMILES string of the molecule is CCCn1cc(CCN(C)CCc2c(F)c(-c3ccnc4ccoc34)cc(C(N)=O)c2C(C)CC)cn1. The number of primary amides is 1. The minimum atomic E-state index is -0.556. The molecule has 37 heavy (non-hydrogen) atoms. The van der Waals surface area contributed by atoms with Crippen molar-refractivity contribution in [3.05, 3.63) is 71.1 Å². The van der Waals surface area contributed by atoms with E-state index in [1.807, 2.05) is 31.8 Å². The largest absolute Gasteiger partial charge is 0.462 e. The Kier molecular flexibility index (Phi) is 8.38. The van der Waals surface area contributed by atoms with Gasteiger partial charge in [-0.15, -0.1) is 0 Å². The van der Waals surface area contributed by atoms with E-state index in [0.717, 1.165) is 32.4 Å². The van der Waals surface area contributed by atoms with Gasteiger partial charge in [-0.2, -0.15) is 5.10 Å². The van der Waals surface area contributed by atoms with Crippen molar-refractivity contribution in [2.24, 2.45) is 5.73 Å². The second-order valence-electron chi connectivity index (χ2n) is 9.76. The fourth-order valence-corrected chi connectivity index (χ4v) is 4.85. The Balaban J connectivity index is 1.65. The molecule has 1 atom stereocenters. The highest BCUT2D eigenvalue weighted by molar-refractivity contribution is 5.98. The predicted octanol–water partition coefficient (Wildman–Crippen LogP) is 5.57. The molecule has 7 nitrogen and oxygen atoms in total. The van der Waals surface area contributed by atoms with Gasteiger partial charge in [-0.3, -0.25) is 14.5 Å². The third-order valence-corrected chi connectivity index (χ3v) is 7.08. The molecule has 196 valence electrons. The van der Waals surface area contributed by atoms with Crippen molar-refractivity contribution in [1.82, 2.24) is 19.7 Å². The summed E-state index contributed by atoms with van der Waals surface area (Å²) in [5.41, 5.74) is 10.6. The minimum absolute atomic E-state index is 0.0168. The molecule has 8 heteroatoms. The second kappa shape index (κ2) is 11.7. The first-order valence-corrected chi connectivity index (χ1v) is 13.0. The van der Waals surface area contributed by atoms with Crippen LogP contribution in [0.1, 0.15) is 66.6 Å². The fraction of sp³-hybridized carbons (Fsp3) is 0.414. The number of carbonyl (C=O) groups excluding carboxylic acids is 1. The maximum atomic E-state index is 16.3. The molecular formula is C29H36FN5O2. The predicted molar refractivity (Wildman–Crippen MR) is 144 cm³/mol. The number of rotatable bonds is 12. The topological polar surface area (TPSA) is 90.2 Å². The Bertz CT molecular complexity index is 1380. The molecule has 0 bridgehead atoms. The third-order valence-electron chi connectivity index (χ3n) is 7.08. The van der Waals surface area contributed by atoms with Gasteiger partial charge in [0.15, 0.2) is 5.58 Å². The van der Waals surface area contributed by atoms with Crippen molar-refractivity contribution in [2.75, 3.05) is 20.1 Å². The number of carbonyl (C=O) groups is 1. The number of hydrogen-bond donors (Lipinski definition) is 1. The van der Waals surface area contributed by atoms with Crippen LogP contribution in [0.3, 0.4) is 0 Å². The first-order valence-electron chi connectivity index (χ1n) is 13.0. The van der Waals surface area contributed by atoms with Gasteiger partial charge in [-0.25, -0.2) is 4.39 Å². The zero-order valence-electron chi connectivity index (χ0n) is 22.1. The summed E-state index contributed by atoms with van der Waals surface area (Å²) in [5.74, 6) is -0.907. The number of amides is 1. The summed E-state index contributed by atoms with van der Waals surface area (Å²) in [7, 11) is 2.03. The molecule has 0 spiro atoms. The van der Waals surface area contributed by atoms with Gasteiger partial charge in [0.05, 0.1) is 12.5 Å². The summed E-state index contributed by atoms with van der Waals surface area (Å²) >= 11 is 0. The lowest BCUT2D eigenvalue weighted by Gasteiger charge is -2.23. The van der Waals surface area contributed by atoms with Crippen molar-refractivity contribution >= 4 is 17.0 Å². The van der Waals surface area contributed by atoms with Crippen LogP contribution in [0.15, 0.2) is 47.5 Å². The molecule has 2 N–H and O–H groups in total. The Morgan fingerprint density at radius 2 is 2.00 bits per heavy atom. The van der Waals surface area contributed by atoms with Crippen molar-refractivity contribution in [3.63, 3.8) is 0 Å². The van der Waals surface area contributed by atoms with Crippen LogP contribution in [0.5, 0.6) is 0 Å². The zero-order valence-corrected chi connectivity index (χ0v) is 22.1. The van der Waals surface area contributed by atoms with E-state index >= 15 is 4.39 Å². The van der Waals surface area contributed by atoms with Crippen LogP contribution < -0.4 is 5.73 Å². The smallest absolute Gasteiger partial charge is 0.249 e. The Morgan fingerprint density at radius 1 is 1.22 bits per heavy atom. The number of aromatic nitrogens is 3. The van der Waals surface area contributed by atoms with E-state index in [4.69, 9.17) is 10.2 Å². The van der Waals surface area contributed by atoms with Crippen molar-refractivity contribution in [3.8, 4) is 11.1 Å². The minimum Gasteiger partial charge on any atom is -0.462 e. The molecule has 0 radical (unpaired) electrons. The highest BCUT2D eigenvalue weighted by Crippen LogP contribution is 2.37. The van der Waals surface area contributed by atoms with E-state index in [1.165, 1.54) is 11.8 Å². The van der Waals surface area contributed by atoms with E-state index in [-0.39, 0.29) is 11.7 Å². The molecule has 0 saturated heterocycles. The Morgan fingerprint density at radius 3 is 2.73 bits per heavy atom. The van der Waals surface area contributed by atoms with Crippen molar-refractivity contribution in [1.29, 1.82) is 0 Å². The van der Waals surface area contributed by atoms with Gasteiger partial charge in [0.2, 0.25) is 5.91 Å². The highest BCUT2D eigenvalue weighted by Gasteiger charge is 2.26. The molecule has 0 saturated carbocycles. The molecule has 4 aromatic rings. The van der Waals surface area contributed by atoms with E-state index in [9.17, 15) is 4.79 Å². The summed E-state index contributed by atoms with van der Waals surface area (Å²) in [5, 5.41) is 4.40. The van der Waals surface area contributed by atoms with Gasteiger partial charge in [0, 0.05) is 54.8 Å². The molecule has 1 aromatic carbocycles. The average molecular weight is 506 g/mol. The lowest BCUT2D eigenvalue weighted by molar-refractivity contribution is 0.0998. The number of hydrogen-bond acceptors (Lipinski definition) is 5. The van der Waals surface area contributed by atoms with Gasteiger partial charge in [-0.05, 0) is 67.5 Å². The van der Waals surface area contributed by atoms with E-state index in [2.05, 4.69) is 28.1 Å². The number of pyridine rings is 1. The number of nitrogens with two attached hydrogens (primary N) is 1. The number of aryl methyl sites for hydroxylation is 1. The van der Waals surface area contributed by atoms with Crippen LogP contribution in [0.25, 0.3) is 22.2 Å². The lowest BCUT2D eigenvalue weighted by atomic mass is 9.84. The van der Waals surface area contributed by atoms with Crippen molar-refractivity contribution in [2.45, 2.75) is 58.9 Å². The number of furan rings is 1. The maximum Gasteiger partial charge on any atom is 0.249 e. The van der Waals surface area contributed by atoms with E-state index < -0.39 is 5.91 Å². The van der Waals surface area contributed by atoms with Crippen LogP contribution in [-0.2, 0) is 19.4 Å². The molecule has 1 amide bonds. The Labute approximate surface area is 217 Å². The molecule has 3 aromatic heterocycles. The van der Waals surface area contributed by atoms with Crippen molar-refractivity contribution < 1.29 is 13.6 Å². The number of halogens is 1. The molecule has 0 fully saturated rings. The lowest BCUT2D eigenvalue weighted by Crippen LogP contribution is -2.25. The fourth-order valence-electron chi connectivity index (χ4n) is 4.85. The monoisotopic (exact) mass is 505 g/mol. The molecule has 4 rings (SSSR count). The molecule has 3 heterocycles. The number of likely N-dealkylation sites (N-methyl/N-ethyl adjacent to an activating group) is 1. The number of benzene rings is 1. The normalized spacial score (nSPS) is 12.5. The molecule has 0 aliphatic heterocycles. The standard InChI is InChI=1S/C29H36FN5O2/c1-5-12-35-18-20(17-33-35)8-13-34(4)14-9-22-26(19(3)6-2)24(29(31)36)16-23(27(22)30)21-7-11-32-25-10-15-37-28(21)25/h7,10-11,15-19H,5-6,8-9,12-14H2,1-4H3,(H2,31,36). The maximum absolute atomic E-state index is 16.3. The zero-order chi connectivity index (χ0) is 26.5. The summed E-state index contributed by atoms with van der Waals surface area (Å²) < 4.78 is 23.9. The number of nitrogens with zero attached hydrogens (tertiary/aromatic N) is 4. The molecule has 1 unspecified atom stereocenters. The second-order valence-corrected chi connectivity index (χ2v) is 9.76. The first kappa shape index (κ1) is 26.5. The Hall–Kier alpha value is -3.52. The molecular weight excluding hydrogens is 469 g/mol. The van der Waals surface area contributed by atoms with Gasteiger partial charge in [0.1, 0.15) is 11.3 Å². The highest BCUT2D eigenvalue weighted by atomic mass is 19.1. The summed E-state index contributed by atoms with van der Waals surface area (Å²) in [4.78, 5) is 19.1. The summed E-state index contributed by atoms with van der Waals surface area (Å²) in [6, 6.07) is 5.03. The third kappa shape index (κ3) is 5.74. The summed E-state index contributed by atoms with van der Waals surface area (Å²) in [6.45, 7) is 8.54. The van der Waals surface area contributed by atoms with Gasteiger partial charge in [-0.1, -0.05) is 20.8 Å². The van der Waals surface area contributed by atoms with Crippen LogP contribution in [0, 0.1) is 5.82 Å². The van der Waals surface area contributed by atoms with E-state index in [1.54, 1.807) is 24.4 Å². The van der Waals surface area contributed by atoms with Crippen LogP contribution >= 0.6 is 0 Å². The number of fused-ring (bicyclic) bond motifs is 1. The summed E-state index contributed by atoms with van der Waals surface area (Å²) in [6.07, 6.45) is 10.3. The molecule has 0 aliphatic rings. The first-order chi connectivity index (χ1) is 17.8. The van der Waals surface area contributed by atoms with Gasteiger partial charge < -0.3 is 15.1 Å². The van der Waals surface area contributed by atoms with Crippen LogP contribution in [0.2, 0.25) is 0 Å². The molecule has 0 aliphatic carbocycles. The van der Waals surface area contributed by atoms with Gasteiger partial charge in [0.25, 0.3) is 0 Å². The van der Waals surface area contributed by atoms with Gasteiger partial charge >= 0.3 is 0 Å². The van der Waals surface area contributed by atoms with Crippen LogP contribution in [0.4, 0.5) is 4.39 Å². The average Bonchev–Trinajstić information content (AvgIpc) is 3.55. The van der Waals surface area contributed by atoms with Crippen LogP contribution in [-0.4, -0.2) is 45.7 Å².